The van der Waals surface area contributed by atoms with Crippen LogP contribution in [0.3, 0.4) is 0 Å². The van der Waals surface area contributed by atoms with Crippen LogP contribution in [0.1, 0.15) is 46.0 Å². The third kappa shape index (κ3) is 3.65. The monoisotopic (exact) mass is 503 g/mol. The van der Waals surface area contributed by atoms with Crippen molar-refractivity contribution in [3.8, 4) is 0 Å². The molecule has 1 heterocycles. The predicted molar refractivity (Wildman–Crippen MR) is 128 cm³/mol. The first-order valence-electron chi connectivity index (χ1n) is 12.0. The SMILES string of the molecule is CC(C)(C(=O)NC1C2CC3CC1CC(C(=O)O)(C3)C2)N1CCN(c2ccccc2Br)CC1. The summed E-state index contributed by atoms with van der Waals surface area (Å²) in [6.07, 6.45) is 4.43. The first-order chi connectivity index (χ1) is 15.2. The van der Waals surface area contributed by atoms with E-state index in [-0.39, 0.29) is 11.9 Å². The van der Waals surface area contributed by atoms with Gasteiger partial charge in [0.15, 0.2) is 0 Å². The van der Waals surface area contributed by atoms with Crippen LogP contribution in [-0.2, 0) is 9.59 Å². The maximum Gasteiger partial charge on any atom is 0.309 e. The number of para-hydroxylation sites is 1. The van der Waals surface area contributed by atoms with Gasteiger partial charge in [0, 0.05) is 36.7 Å². The molecule has 6 rings (SSSR count). The highest BCUT2D eigenvalue weighted by molar-refractivity contribution is 9.10. The largest absolute Gasteiger partial charge is 0.481 e. The third-order valence-electron chi connectivity index (χ3n) is 8.84. The predicted octanol–water partition coefficient (Wildman–Crippen LogP) is 3.75. The number of carbonyl (C=O) groups is 2. The highest BCUT2D eigenvalue weighted by atomic mass is 79.9. The number of carbonyl (C=O) groups excluding carboxylic acids is 1. The maximum absolute atomic E-state index is 13.5. The minimum atomic E-state index is -0.620. The van der Waals surface area contributed by atoms with E-state index in [1.807, 2.05) is 19.9 Å². The van der Waals surface area contributed by atoms with Crippen LogP contribution in [-0.4, -0.2) is 59.6 Å². The van der Waals surface area contributed by atoms with Gasteiger partial charge in [-0.2, -0.15) is 0 Å². The number of benzene rings is 1. The lowest BCUT2D eigenvalue weighted by Gasteiger charge is -2.58. The van der Waals surface area contributed by atoms with Crippen LogP contribution >= 0.6 is 15.9 Å². The quantitative estimate of drug-likeness (QED) is 0.639. The molecular formula is C25H34BrN3O3. The second-order valence-electron chi connectivity index (χ2n) is 11.0. The van der Waals surface area contributed by atoms with Crippen LogP contribution in [0.2, 0.25) is 0 Å². The number of halogens is 1. The molecule has 1 amide bonds. The van der Waals surface area contributed by atoms with Crippen LogP contribution in [0.5, 0.6) is 0 Å². The van der Waals surface area contributed by atoms with Crippen molar-refractivity contribution in [1.29, 1.82) is 0 Å². The van der Waals surface area contributed by atoms with Crippen molar-refractivity contribution >= 4 is 33.5 Å². The molecule has 1 aliphatic heterocycles. The zero-order chi connectivity index (χ0) is 22.7. The van der Waals surface area contributed by atoms with E-state index in [0.717, 1.165) is 62.8 Å². The summed E-state index contributed by atoms with van der Waals surface area (Å²) < 4.78 is 1.10. The Bertz CT molecular complexity index is 895. The molecule has 5 fully saturated rings. The van der Waals surface area contributed by atoms with Gasteiger partial charge in [0.05, 0.1) is 16.6 Å². The minimum absolute atomic E-state index is 0.0914. The van der Waals surface area contributed by atoms with Crippen LogP contribution in [0.15, 0.2) is 28.7 Å². The van der Waals surface area contributed by atoms with Crippen molar-refractivity contribution in [2.45, 2.75) is 57.5 Å². The third-order valence-corrected chi connectivity index (χ3v) is 9.51. The fourth-order valence-corrected chi connectivity index (χ4v) is 7.74. The number of hydrogen-bond acceptors (Lipinski definition) is 4. The Morgan fingerprint density at radius 1 is 1.06 bits per heavy atom. The van der Waals surface area contributed by atoms with Gasteiger partial charge in [-0.05, 0) is 91.8 Å². The van der Waals surface area contributed by atoms with E-state index in [2.05, 4.69) is 49.2 Å². The number of aliphatic carboxylic acids is 1. The normalized spacial score (nSPS) is 34.5. The summed E-state index contributed by atoms with van der Waals surface area (Å²) in [5.74, 6) is 0.613. The summed E-state index contributed by atoms with van der Waals surface area (Å²) in [5.41, 5.74) is 0.0874. The van der Waals surface area contributed by atoms with Crippen LogP contribution in [0, 0.1) is 23.2 Å². The Labute approximate surface area is 198 Å². The lowest BCUT2D eigenvalue weighted by atomic mass is 9.48. The molecule has 6 nitrogen and oxygen atoms in total. The molecule has 7 heteroatoms. The van der Waals surface area contributed by atoms with Crippen LogP contribution in [0.25, 0.3) is 0 Å². The van der Waals surface area contributed by atoms with Gasteiger partial charge in [-0.3, -0.25) is 14.5 Å². The molecule has 0 aromatic heterocycles. The van der Waals surface area contributed by atoms with Gasteiger partial charge < -0.3 is 15.3 Å². The topological polar surface area (TPSA) is 72.9 Å². The van der Waals surface area contributed by atoms with E-state index < -0.39 is 16.9 Å². The summed E-state index contributed by atoms with van der Waals surface area (Å²) in [4.78, 5) is 30.2. The van der Waals surface area contributed by atoms with Gasteiger partial charge in [0.25, 0.3) is 0 Å². The Morgan fingerprint density at radius 2 is 1.69 bits per heavy atom. The summed E-state index contributed by atoms with van der Waals surface area (Å²) in [6, 6.07) is 8.42. The zero-order valence-electron chi connectivity index (χ0n) is 19.0. The number of nitrogens with zero attached hydrogens (tertiary/aromatic N) is 2. The summed E-state index contributed by atoms with van der Waals surface area (Å²) in [7, 11) is 0. The molecule has 1 aromatic rings. The number of amides is 1. The molecule has 1 aromatic carbocycles. The first kappa shape index (κ1) is 22.2. The number of nitrogens with one attached hydrogen (secondary N) is 1. The average molecular weight is 504 g/mol. The molecular weight excluding hydrogens is 470 g/mol. The van der Waals surface area contributed by atoms with E-state index >= 15 is 0 Å². The van der Waals surface area contributed by atoms with Crippen molar-refractivity contribution in [2.24, 2.45) is 23.2 Å². The summed E-state index contributed by atoms with van der Waals surface area (Å²) in [5, 5.41) is 13.3. The standard InChI is InChI=1S/C25H34BrN3O3/c1-24(2,29-9-7-28(8-10-29)20-6-4-3-5-19(20)26)22(30)27-21-17-11-16-12-18(21)15-25(13-16,14-17)23(31)32/h3-6,16-18,21H,7-15H2,1-2H3,(H,27,30)(H,31,32). The summed E-state index contributed by atoms with van der Waals surface area (Å²) in [6.45, 7) is 7.51. The van der Waals surface area contributed by atoms with Crippen molar-refractivity contribution in [3.63, 3.8) is 0 Å². The second-order valence-corrected chi connectivity index (χ2v) is 11.9. The molecule has 4 saturated carbocycles. The van der Waals surface area contributed by atoms with Gasteiger partial charge in [-0.25, -0.2) is 0 Å². The van der Waals surface area contributed by atoms with Crippen molar-refractivity contribution < 1.29 is 14.7 Å². The fraction of sp³-hybridized carbons (Fsp3) is 0.680. The molecule has 0 spiro atoms. The zero-order valence-corrected chi connectivity index (χ0v) is 20.6. The van der Waals surface area contributed by atoms with Gasteiger partial charge >= 0.3 is 5.97 Å². The van der Waals surface area contributed by atoms with E-state index in [4.69, 9.17) is 0 Å². The minimum Gasteiger partial charge on any atom is -0.481 e. The van der Waals surface area contributed by atoms with Crippen LogP contribution < -0.4 is 10.2 Å². The van der Waals surface area contributed by atoms with Gasteiger partial charge in [-0.1, -0.05) is 12.1 Å². The molecule has 2 N–H and O–H groups in total. The Balaban J connectivity index is 1.23. The van der Waals surface area contributed by atoms with E-state index in [1.54, 1.807) is 0 Å². The Morgan fingerprint density at radius 3 is 2.28 bits per heavy atom. The van der Waals surface area contributed by atoms with E-state index in [0.29, 0.717) is 17.8 Å². The van der Waals surface area contributed by atoms with Crippen LogP contribution in [0.4, 0.5) is 5.69 Å². The first-order valence-corrected chi connectivity index (χ1v) is 12.8. The van der Waals surface area contributed by atoms with Gasteiger partial charge in [-0.15, -0.1) is 0 Å². The molecule has 174 valence electrons. The molecule has 2 atom stereocenters. The molecule has 0 radical (unpaired) electrons. The molecule has 5 aliphatic rings. The van der Waals surface area contributed by atoms with Gasteiger partial charge in [0.1, 0.15) is 0 Å². The lowest BCUT2D eigenvalue weighted by molar-refractivity contribution is -0.168. The van der Waals surface area contributed by atoms with E-state index in [9.17, 15) is 14.7 Å². The van der Waals surface area contributed by atoms with Gasteiger partial charge in [0.2, 0.25) is 5.91 Å². The highest BCUT2D eigenvalue weighted by Gasteiger charge is 2.59. The molecule has 4 bridgehead atoms. The number of carboxylic acid groups (broad SMARTS) is 1. The number of carboxylic acids is 1. The van der Waals surface area contributed by atoms with E-state index in [1.165, 1.54) is 5.69 Å². The average Bonchev–Trinajstić information content (AvgIpc) is 2.76. The fourth-order valence-electron chi connectivity index (χ4n) is 7.21. The Hall–Kier alpha value is -1.60. The maximum atomic E-state index is 13.5. The Kier molecular flexibility index (Phi) is 5.56. The number of anilines is 1. The smallest absolute Gasteiger partial charge is 0.309 e. The van der Waals surface area contributed by atoms with Crippen molar-refractivity contribution in [3.05, 3.63) is 28.7 Å². The molecule has 32 heavy (non-hydrogen) atoms. The molecule has 4 aliphatic carbocycles. The highest BCUT2D eigenvalue weighted by Crippen LogP contribution is 2.60. The second kappa shape index (κ2) is 8.01. The molecule has 2 unspecified atom stereocenters. The number of hydrogen-bond donors (Lipinski definition) is 2. The number of rotatable bonds is 5. The number of piperazine rings is 1. The van der Waals surface area contributed by atoms with Crippen molar-refractivity contribution in [2.75, 3.05) is 31.1 Å². The van der Waals surface area contributed by atoms with Crippen molar-refractivity contribution in [1.82, 2.24) is 10.2 Å². The lowest BCUT2D eigenvalue weighted by Crippen LogP contribution is -2.66. The molecule has 1 saturated heterocycles. The summed E-state index contributed by atoms with van der Waals surface area (Å²) >= 11 is 3.65.